The van der Waals surface area contributed by atoms with Gasteiger partial charge >= 0.3 is 5.97 Å². The molecule has 0 spiro atoms. The van der Waals surface area contributed by atoms with E-state index in [1.807, 2.05) is 19.9 Å². The fraction of sp³-hybridized carbons (Fsp3) is 0.462. The Kier molecular flexibility index (Phi) is 5.65. The van der Waals surface area contributed by atoms with Crippen LogP contribution in [0.5, 0.6) is 0 Å². The van der Waals surface area contributed by atoms with Crippen molar-refractivity contribution in [2.45, 2.75) is 33.4 Å². The van der Waals surface area contributed by atoms with Crippen molar-refractivity contribution in [3.8, 4) is 0 Å². The van der Waals surface area contributed by atoms with Gasteiger partial charge in [-0.05, 0) is 38.0 Å². The maximum Gasteiger partial charge on any atom is 0.322 e. The fourth-order valence-corrected chi connectivity index (χ4v) is 1.79. The smallest absolute Gasteiger partial charge is 0.322 e. The molecule has 1 N–H and O–H groups in total. The maximum atomic E-state index is 11.4. The first kappa shape index (κ1) is 14.2. The van der Waals surface area contributed by atoms with Crippen LogP contribution in [0.3, 0.4) is 0 Å². The summed E-state index contributed by atoms with van der Waals surface area (Å²) in [7, 11) is 0. The summed E-state index contributed by atoms with van der Waals surface area (Å²) in [6.07, 6.45) is 0. The van der Waals surface area contributed by atoms with Gasteiger partial charge in [0.05, 0.1) is 6.61 Å². The molecular formula is C13H18BrNO2. The number of esters is 1. The largest absolute Gasteiger partial charge is 0.465 e. The van der Waals surface area contributed by atoms with Crippen molar-refractivity contribution in [1.82, 2.24) is 5.32 Å². The zero-order chi connectivity index (χ0) is 12.8. The monoisotopic (exact) mass is 299 g/mol. The number of nitrogens with one attached hydrogen (secondary N) is 1. The third-order valence-electron chi connectivity index (χ3n) is 2.49. The molecule has 0 radical (unpaired) electrons. The Bertz CT molecular complexity index is 393. The predicted octanol–water partition coefficient (Wildman–Crippen LogP) is 2.80. The molecule has 3 nitrogen and oxygen atoms in total. The van der Waals surface area contributed by atoms with Crippen molar-refractivity contribution < 1.29 is 9.53 Å². The Morgan fingerprint density at radius 2 is 2.24 bits per heavy atom. The first-order valence-electron chi connectivity index (χ1n) is 5.69. The van der Waals surface area contributed by atoms with Crippen LogP contribution in [0.4, 0.5) is 0 Å². The first-order valence-corrected chi connectivity index (χ1v) is 6.49. The van der Waals surface area contributed by atoms with Crippen molar-refractivity contribution in [2.24, 2.45) is 0 Å². The maximum absolute atomic E-state index is 11.4. The van der Waals surface area contributed by atoms with E-state index in [4.69, 9.17) is 4.74 Å². The lowest BCUT2D eigenvalue weighted by Gasteiger charge is -2.13. The van der Waals surface area contributed by atoms with Crippen LogP contribution in [-0.2, 0) is 16.1 Å². The molecule has 17 heavy (non-hydrogen) atoms. The Morgan fingerprint density at radius 1 is 1.53 bits per heavy atom. The van der Waals surface area contributed by atoms with Crippen molar-refractivity contribution in [3.63, 3.8) is 0 Å². The molecule has 1 atom stereocenters. The number of hydrogen-bond donors (Lipinski definition) is 1. The van der Waals surface area contributed by atoms with Crippen LogP contribution in [0, 0.1) is 6.92 Å². The van der Waals surface area contributed by atoms with Crippen LogP contribution in [0.2, 0.25) is 0 Å². The molecule has 0 amide bonds. The zero-order valence-electron chi connectivity index (χ0n) is 10.4. The number of aryl methyl sites for hydroxylation is 1. The molecule has 1 aromatic carbocycles. The van der Waals surface area contributed by atoms with Crippen LogP contribution in [-0.4, -0.2) is 18.6 Å². The molecule has 94 valence electrons. The van der Waals surface area contributed by atoms with Crippen LogP contribution in [0.25, 0.3) is 0 Å². The van der Waals surface area contributed by atoms with E-state index in [9.17, 15) is 4.79 Å². The fourth-order valence-electron chi connectivity index (χ4n) is 1.37. The van der Waals surface area contributed by atoms with E-state index in [1.165, 1.54) is 5.56 Å². The van der Waals surface area contributed by atoms with Gasteiger partial charge in [0, 0.05) is 11.0 Å². The Labute approximate surface area is 111 Å². The van der Waals surface area contributed by atoms with Crippen molar-refractivity contribution in [3.05, 3.63) is 33.8 Å². The molecule has 0 saturated heterocycles. The van der Waals surface area contributed by atoms with Crippen molar-refractivity contribution in [1.29, 1.82) is 0 Å². The van der Waals surface area contributed by atoms with Gasteiger partial charge in [-0.1, -0.05) is 28.1 Å². The van der Waals surface area contributed by atoms with Gasteiger partial charge in [0.25, 0.3) is 0 Å². The minimum Gasteiger partial charge on any atom is -0.465 e. The highest BCUT2D eigenvalue weighted by atomic mass is 79.9. The van der Waals surface area contributed by atoms with E-state index < -0.39 is 0 Å². The summed E-state index contributed by atoms with van der Waals surface area (Å²) in [5.41, 5.74) is 2.34. The van der Waals surface area contributed by atoms with Crippen LogP contribution >= 0.6 is 15.9 Å². The van der Waals surface area contributed by atoms with Crippen LogP contribution in [0.15, 0.2) is 22.7 Å². The van der Waals surface area contributed by atoms with E-state index in [1.54, 1.807) is 6.92 Å². The predicted molar refractivity (Wildman–Crippen MR) is 71.8 cm³/mol. The van der Waals surface area contributed by atoms with Gasteiger partial charge in [0.1, 0.15) is 6.04 Å². The Balaban J connectivity index is 2.50. The lowest BCUT2D eigenvalue weighted by Crippen LogP contribution is -2.34. The molecule has 0 aliphatic rings. The normalized spacial score (nSPS) is 12.2. The lowest BCUT2D eigenvalue weighted by atomic mass is 10.1. The molecular weight excluding hydrogens is 282 g/mol. The highest BCUT2D eigenvalue weighted by Gasteiger charge is 2.12. The minimum absolute atomic E-state index is 0.210. The number of ether oxygens (including phenoxy) is 1. The molecule has 0 saturated carbocycles. The Hall–Kier alpha value is -0.870. The van der Waals surface area contributed by atoms with E-state index >= 15 is 0 Å². The molecule has 0 aliphatic carbocycles. The summed E-state index contributed by atoms with van der Waals surface area (Å²) < 4.78 is 6.01. The average Bonchev–Trinajstić information content (AvgIpc) is 2.30. The van der Waals surface area contributed by atoms with Crippen LogP contribution < -0.4 is 5.32 Å². The standard InChI is InChI=1S/C13H18BrNO2/c1-4-17-13(16)10(3)15-8-11-6-5-9(2)12(14)7-11/h5-7,10,15H,4,8H2,1-3H3. The molecule has 4 heteroatoms. The van der Waals surface area contributed by atoms with Crippen LogP contribution in [0.1, 0.15) is 25.0 Å². The average molecular weight is 300 g/mol. The zero-order valence-corrected chi connectivity index (χ0v) is 12.0. The van der Waals surface area contributed by atoms with Gasteiger partial charge in [-0.15, -0.1) is 0 Å². The molecule has 0 fully saturated rings. The molecule has 0 heterocycles. The highest BCUT2D eigenvalue weighted by Crippen LogP contribution is 2.17. The third-order valence-corrected chi connectivity index (χ3v) is 3.34. The first-order chi connectivity index (χ1) is 8.04. The lowest BCUT2D eigenvalue weighted by molar-refractivity contribution is -0.145. The van der Waals surface area contributed by atoms with Gasteiger partial charge in [-0.25, -0.2) is 0 Å². The van der Waals surface area contributed by atoms with E-state index in [-0.39, 0.29) is 12.0 Å². The van der Waals surface area contributed by atoms with Gasteiger partial charge < -0.3 is 10.1 Å². The van der Waals surface area contributed by atoms with Gasteiger partial charge in [0.15, 0.2) is 0 Å². The second kappa shape index (κ2) is 6.77. The topological polar surface area (TPSA) is 38.3 Å². The number of hydrogen-bond acceptors (Lipinski definition) is 3. The van der Waals surface area contributed by atoms with Gasteiger partial charge in [-0.2, -0.15) is 0 Å². The Morgan fingerprint density at radius 3 is 2.82 bits per heavy atom. The number of carbonyl (C=O) groups is 1. The number of rotatable bonds is 5. The van der Waals surface area contributed by atoms with E-state index in [2.05, 4.69) is 33.4 Å². The minimum atomic E-state index is -0.282. The van der Waals surface area contributed by atoms with Crippen molar-refractivity contribution in [2.75, 3.05) is 6.61 Å². The highest BCUT2D eigenvalue weighted by molar-refractivity contribution is 9.10. The summed E-state index contributed by atoms with van der Waals surface area (Å²) in [5, 5.41) is 3.13. The number of carbonyl (C=O) groups excluding carboxylic acids is 1. The summed E-state index contributed by atoms with van der Waals surface area (Å²) in [5.74, 6) is -0.210. The summed E-state index contributed by atoms with van der Waals surface area (Å²) >= 11 is 3.49. The van der Waals surface area contributed by atoms with E-state index in [0.717, 1.165) is 10.0 Å². The second-order valence-corrected chi connectivity index (χ2v) is 4.79. The third kappa shape index (κ3) is 4.48. The molecule has 0 aromatic heterocycles. The molecule has 1 rings (SSSR count). The van der Waals surface area contributed by atoms with Gasteiger partial charge in [-0.3, -0.25) is 4.79 Å². The summed E-state index contributed by atoms with van der Waals surface area (Å²) in [6, 6.07) is 5.87. The van der Waals surface area contributed by atoms with Gasteiger partial charge in [0.2, 0.25) is 0 Å². The molecule has 0 bridgehead atoms. The molecule has 1 aromatic rings. The summed E-state index contributed by atoms with van der Waals surface area (Å²) in [4.78, 5) is 11.4. The molecule has 1 unspecified atom stereocenters. The quantitative estimate of drug-likeness (QED) is 0.850. The second-order valence-electron chi connectivity index (χ2n) is 3.94. The van der Waals surface area contributed by atoms with E-state index in [0.29, 0.717) is 13.2 Å². The number of benzene rings is 1. The number of halogens is 1. The van der Waals surface area contributed by atoms with Crippen molar-refractivity contribution >= 4 is 21.9 Å². The molecule has 0 aliphatic heterocycles. The SMILES string of the molecule is CCOC(=O)C(C)NCc1ccc(C)c(Br)c1. The summed E-state index contributed by atoms with van der Waals surface area (Å²) in [6.45, 7) is 6.73.